The molecule has 10 atom stereocenters. The van der Waals surface area contributed by atoms with Gasteiger partial charge >= 0.3 is 11.9 Å². The molecule has 0 bridgehead atoms. The van der Waals surface area contributed by atoms with Gasteiger partial charge in [0.05, 0.1) is 87.1 Å². The summed E-state index contributed by atoms with van der Waals surface area (Å²) >= 11 is 0. The van der Waals surface area contributed by atoms with E-state index >= 15 is 0 Å². The van der Waals surface area contributed by atoms with Crippen LogP contribution in [0.5, 0.6) is 0 Å². The molecule has 0 aromatic heterocycles. The Balaban J connectivity index is 0.000000112. The normalized spacial score (nSPS) is 41.9. The van der Waals surface area contributed by atoms with E-state index in [-0.39, 0.29) is 61.3 Å². The van der Waals surface area contributed by atoms with Crippen LogP contribution in [0.3, 0.4) is 0 Å². The third-order valence-corrected chi connectivity index (χ3v) is 10.6. The van der Waals surface area contributed by atoms with Crippen molar-refractivity contribution in [1.29, 1.82) is 0 Å². The topological polar surface area (TPSA) is 206 Å². The summed E-state index contributed by atoms with van der Waals surface area (Å²) in [6.07, 6.45) is 13.4. The van der Waals surface area contributed by atoms with Crippen molar-refractivity contribution < 1.29 is 59.2 Å². The van der Waals surface area contributed by atoms with Crippen molar-refractivity contribution in [3.63, 3.8) is 0 Å². The Bertz CT molecular complexity index is 861. The van der Waals surface area contributed by atoms with Crippen molar-refractivity contribution in [1.82, 2.24) is 0 Å². The first kappa shape index (κ1) is 32.0. The van der Waals surface area contributed by atoms with E-state index in [1.165, 1.54) is 0 Å². The lowest BCUT2D eigenvalue weighted by molar-refractivity contribution is -0.143. The molecule has 0 radical (unpaired) electrons. The van der Waals surface area contributed by atoms with Gasteiger partial charge in [-0.05, 0) is 77.0 Å². The molecular formula is C30H48O12. The number of aliphatic hydroxyl groups is 4. The van der Waals surface area contributed by atoms with Gasteiger partial charge in [0.1, 0.15) is 0 Å². The molecule has 8 fully saturated rings. The molecule has 12 nitrogen and oxygen atoms in total. The zero-order valence-electron chi connectivity index (χ0n) is 24.2. The fourth-order valence-corrected chi connectivity index (χ4v) is 7.11. The molecule has 4 saturated heterocycles. The van der Waals surface area contributed by atoms with E-state index in [0.29, 0.717) is 36.6 Å². The molecule has 4 heterocycles. The number of hydrogen-bond donors (Lipinski definition) is 6. The highest BCUT2D eigenvalue weighted by Gasteiger charge is 2.51. The standard InChI is InChI=1S/2C8H14O3.2C7H10O3/c2*9-4-8(5-10)2-1-6-7(3-8)11-6;2*8-7(9)4-1-2-5-6(3-4)10-5/h2*6-7,9-10H,1-5H2;2*4-6H,1-3H2,(H,8,9). The number of ether oxygens (including phenoxy) is 4. The second-order valence-corrected chi connectivity index (χ2v) is 13.7. The summed E-state index contributed by atoms with van der Waals surface area (Å²) < 4.78 is 21.0. The van der Waals surface area contributed by atoms with Crippen LogP contribution < -0.4 is 0 Å². The Hall–Kier alpha value is -1.38. The molecule has 240 valence electrons. The zero-order valence-corrected chi connectivity index (χ0v) is 24.2. The molecule has 10 unspecified atom stereocenters. The van der Waals surface area contributed by atoms with Crippen molar-refractivity contribution in [2.45, 2.75) is 126 Å². The highest BCUT2D eigenvalue weighted by molar-refractivity contribution is 5.70. The van der Waals surface area contributed by atoms with Crippen LogP contribution in [0.2, 0.25) is 0 Å². The van der Waals surface area contributed by atoms with Crippen LogP contribution in [0.15, 0.2) is 0 Å². The fraction of sp³-hybridized carbons (Fsp3) is 0.933. The Morgan fingerprint density at radius 2 is 0.833 bits per heavy atom. The van der Waals surface area contributed by atoms with E-state index in [1.54, 1.807) is 0 Å². The SMILES string of the molecule is O=C(O)C1CCC2OC2C1.O=C(O)C1CCC2OC2C1.OCC1(CO)CCC2OC2C1.OCC1(CO)CCC2OC2C1. The van der Waals surface area contributed by atoms with Crippen molar-refractivity contribution in [2.75, 3.05) is 26.4 Å². The molecule has 0 spiro atoms. The molecule has 0 aromatic rings. The predicted molar refractivity (Wildman–Crippen MR) is 146 cm³/mol. The Morgan fingerprint density at radius 3 is 1.12 bits per heavy atom. The highest BCUT2D eigenvalue weighted by atomic mass is 16.6. The number of epoxide rings is 4. The van der Waals surface area contributed by atoms with Crippen LogP contribution >= 0.6 is 0 Å². The first-order valence-corrected chi connectivity index (χ1v) is 15.6. The largest absolute Gasteiger partial charge is 0.481 e. The number of carboxylic acids is 2. The molecule has 0 aromatic carbocycles. The summed E-state index contributed by atoms with van der Waals surface area (Å²) in [5, 5.41) is 53.5. The maximum absolute atomic E-state index is 10.5. The summed E-state index contributed by atoms with van der Waals surface area (Å²) in [4.78, 5) is 20.9. The average molecular weight is 601 g/mol. The molecule has 0 amide bonds. The van der Waals surface area contributed by atoms with Crippen molar-refractivity contribution in [3.8, 4) is 0 Å². The van der Waals surface area contributed by atoms with Gasteiger partial charge in [-0.3, -0.25) is 9.59 Å². The summed E-state index contributed by atoms with van der Waals surface area (Å²) in [7, 11) is 0. The van der Waals surface area contributed by atoms with Gasteiger partial charge in [0.2, 0.25) is 0 Å². The maximum atomic E-state index is 10.5. The zero-order chi connectivity index (χ0) is 30.1. The highest BCUT2D eigenvalue weighted by Crippen LogP contribution is 2.47. The monoisotopic (exact) mass is 600 g/mol. The molecule has 8 rings (SSSR count). The molecule has 8 aliphatic rings. The van der Waals surface area contributed by atoms with Gasteiger partial charge in [0.25, 0.3) is 0 Å². The Labute approximate surface area is 246 Å². The molecule has 4 aliphatic heterocycles. The van der Waals surface area contributed by atoms with Crippen molar-refractivity contribution in [2.24, 2.45) is 22.7 Å². The van der Waals surface area contributed by atoms with Gasteiger partial charge in [-0.15, -0.1) is 0 Å². The summed E-state index contributed by atoms with van der Waals surface area (Å²) in [5.74, 6) is -1.59. The van der Waals surface area contributed by atoms with Crippen LogP contribution in [0.25, 0.3) is 0 Å². The second-order valence-electron chi connectivity index (χ2n) is 13.7. The Kier molecular flexibility index (Phi) is 10.2. The van der Waals surface area contributed by atoms with Gasteiger partial charge in [-0.2, -0.15) is 0 Å². The second kappa shape index (κ2) is 13.3. The van der Waals surface area contributed by atoms with Crippen LogP contribution in [-0.4, -0.2) is 118 Å². The van der Waals surface area contributed by atoms with E-state index in [9.17, 15) is 9.59 Å². The van der Waals surface area contributed by atoms with Crippen LogP contribution in [0.1, 0.15) is 77.0 Å². The van der Waals surface area contributed by atoms with E-state index in [2.05, 4.69) is 0 Å². The number of fused-ring (bicyclic) bond motifs is 4. The number of aliphatic carboxylic acids is 2. The molecule has 42 heavy (non-hydrogen) atoms. The Morgan fingerprint density at radius 1 is 0.500 bits per heavy atom. The average Bonchev–Trinajstić information content (AvgIpc) is 3.85. The fourth-order valence-electron chi connectivity index (χ4n) is 7.11. The van der Waals surface area contributed by atoms with Gasteiger partial charge in [0.15, 0.2) is 0 Å². The first-order chi connectivity index (χ1) is 20.1. The van der Waals surface area contributed by atoms with Gasteiger partial charge in [0, 0.05) is 10.8 Å². The molecule has 12 heteroatoms. The van der Waals surface area contributed by atoms with Crippen LogP contribution in [0.4, 0.5) is 0 Å². The first-order valence-electron chi connectivity index (χ1n) is 15.6. The smallest absolute Gasteiger partial charge is 0.306 e. The third kappa shape index (κ3) is 8.01. The number of rotatable bonds is 6. The van der Waals surface area contributed by atoms with E-state index < -0.39 is 11.9 Å². The lowest BCUT2D eigenvalue weighted by atomic mass is 9.75. The molecule has 6 N–H and O–H groups in total. The number of aliphatic hydroxyl groups excluding tert-OH is 4. The van der Waals surface area contributed by atoms with Crippen LogP contribution in [-0.2, 0) is 28.5 Å². The quantitative estimate of drug-likeness (QED) is 0.237. The number of carboxylic acid groups (broad SMARTS) is 2. The predicted octanol–water partition coefficient (Wildman–Crippen LogP) is 1.09. The maximum Gasteiger partial charge on any atom is 0.306 e. The minimum Gasteiger partial charge on any atom is -0.481 e. The lowest BCUT2D eigenvalue weighted by Crippen LogP contribution is -2.35. The third-order valence-electron chi connectivity index (χ3n) is 10.6. The molecular weight excluding hydrogens is 552 g/mol. The number of carbonyl (C=O) groups is 2. The van der Waals surface area contributed by atoms with Gasteiger partial charge < -0.3 is 49.6 Å². The van der Waals surface area contributed by atoms with Gasteiger partial charge in [-0.25, -0.2) is 0 Å². The van der Waals surface area contributed by atoms with E-state index in [0.717, 1.165) is 77.0 Å². The summed E-state index contributed by atoms with van der Waals surface area (Å²) in [6, 6.07) is 0. The van der Waals surface area contributed by atoms with Gasteiger partial charge in [-0.1, -0.05) is 0 Å². The minimum atomic E-state index is -0.658. The van der Waals surface area contributed by atoms with E-state index in [4.69, 9.17) is 49.6 Å². The summed E-state index contributed by atoms with van der Waals surface area (Å²) in [5.41, 5.74) is -0.477. The van der Waals surface area contributed by atoms with Crippen molar-refractivity contribution in [3.05, 3.63) is 0 Å². The van der Waals surface area contributed by atoms with Crippen LogP contribution in [0, 0.1) is 22.7 Å². The molecule has 4 aliphatic carbocycles. The lowest BCUT2D eigenvalue weighted by Gasteiger charge is -2.31. The summed E-state index contributed by atoms with van der Waals surface area (Å²) in [6.45, 7) is 0.373. The molecule has 4 saturated carbocycles. The minimum absolute atomic E-state index is 0.0933. The van der Waals surface area contributed by atoms with Crippen molar-refractivity contribution >= 4 is 11.9 Å². The van der Waals surface area contributed by atoms with E-state index in [1.807, 2.05) is 0 Å². The number of hydrogen-bond acceptors (Lipinski definition) is 10.